The fourth-order valence-corrected chi connectivity index (χ4v) is 3.24. The van der Waals surface area contributed by atoms with E-state index in [0.29, 0.717) is 6.04 Å². The van der Waals surface area contributed by atoms with Crippen molar-refractivity contribution in [3.63, 3.8) is 0 Å². The highest BCUT2D eigenvalue weighted by Crippen LogP contribution is 2.25. The van der Waals surface area contributed by atoms with E-state index in [2.05, 4.69) is 55.4 Å². The van der Waals surface area contributed by atoms with E-state index >= 15 is 0 Å². The van der Waals surface area contributed by atoms with Gasteiger partial charge in [0.1, 0.15) is 0 Å². The second-order valence-electron chi connectivity index (χ2n) is 6.43. The molecule has 0 bridgehead atoms. The van der Waals surface area contributed by atoms with Gasteiger partial charge in [-0.2, -0.15) is 0 Å². The van der Waals surface area contributed by atoms with Crippen LogP contribution in [0, 0.1) is 0 Å². The van der Waals surface area contributed by atoms with Gasteiger partial charge in [0.25, 0.3) is 0 Å². The van der Waals surface area contributed by atoms with Crippen molar-refractivity contribution in [2.24, 2.45) is 0 Å². The molecule has 0 spiro atoms. The monoisotopic (exact) mass is 290 g/mol. The van der Waals surface area contributed by atoms with Crippen LogP contribution in [0.1, 0.15) is 43.9 Å². The minimum atomic E-state index is 0.0165. The van der Waals surface area contributed by atoms with Gasteiger partial charge in [0.15, 0.2) is 0 Å². The molecule has 1 aliphatic heterocycles. The zero-order chi connectivity index (χ0) is 15.3. The standard InChI is InChI=1S/C18H30N2O/c1-5-15-7-9-16(10-8-15)17(19-3)13-20-12-6-11-18(2,14-20)21-4/h7-10,17,19H,5-6,11-14H2,1-4H3. The van der Waals surface area contributed by atoms with Crippen LogP contribution in [0.4, 0.5) is 0 Å². The van der Waals surface area contributed by atoms with Crippen LogP contribution in [0.15, 0.2) is 24.3 Å². The summed E-state index contributed by atoms with van der Waals surface area (Å²) < 4.78 is 5.70. The first kappa shape index (κ1) is 16.5. The molecule has 2 unspecified atom stereocenters. The molecule has 1 fully saturated rings. The SMILES string of the molecule is CCc1ccc(C(CN2CCCC(C)(OC)C2)NC)cc1. The van der Waals surface area contributed by atoms with Gasteiger partial charge in [-0.25, -0.2) is 0 Å². The summed E-state index contributed by atoms with van der Waals surface area (Å²) in [6.45, 7) is 7.66. The van der Waals surface area contributed by atoms with Crippen molar-refractivity contribution in [3.05, 3.63) is 35.4 Å². The van der Waals surface area contributed by atoms with Gasteiger partial charge in [-0.15, -0.1) is 0 Å². The van der Waals surface area contributed by atoms with Gasteiger partial charge < -0.3 is 10.1 Å². The predicted molar refractivity (Wildman–Crippen MR) is 88.7 cm³/mol. The molecule has 2 atom stereocenters. The highest BCUT2D eigenvalue weighted by molar-refractivity contribution is 5.25. The molecule has 1 N–H and O–H groups in total. The quantitative estimate of drug-likeness (QED) is 0.871. The van der Waals surface area contributed by atoms with Crippen molar-refractivity contribution in [2.75, 3.05) is 33.8 Å². The number of ether oxygens (including phenoxy) is 1. The maximum atomic E-state index is 5.70. The largest absolute Gasteiger partial charge is 0.377 e. The van der Waals surface area contributed by atoms with Gasteiger partial charge >= 0.3 is 0 Å². The molecule has 1 heterocycles. The average molecular weight is 290 g/mol. The van der Waals surface area contributed by atoms with Crippen LogP contribution in [0.3, 0.4) is 0 Å². The van der Waals surface area contributed by atoms with Crippen LogP contribution < -0.4 is 5.32 Å². The van der Waals surface area contributed by atoms with E-state index in [1.165, 1.54) is 24.1 Å². The third kappa shape index (κ3) is 4.29. The number of likely N-dealkylation sites (tertiary alicyclic amines) is 1. The highest BCUT2D eigenvalue weighted by Gasteiger charge is 2.31. The summed E-state index contributed by atoms with van der Waals surface area (Å²) in [5, 5.41) is 3.47. The summed E-state index contributed by atoms with van der Waals surface area (Å²) in [5.41, 5.74) is 2.79. The lowest BCUT2D eigenvalue weighted by Gasteiger charge is -2.40. The number of likely N-dealkylation sites (N-methyl/N-ethyl adjacent to an activating group) is 1. The van der Waals surface area contributed by atoms with Gasteiger partial charge in [-0.3, -0.25) is 4.90 Å². The summed E-state index contributed by atoms with van der Waals surface area (Å²) in [5.74, 6) is 0. The van der Waals surface area contributed by atoms with Crippen LogP contribution in [-0.4, -0.2) is 44.3 Å². The van der Waals surface area contributed by atoms with E-state index in [1.807, 2.05) is 7.11 Å². The minimum Gasteiger partial charge on any atom is -0.377 e. The zero-order valence-electron chi connectivity index (χ0n) is 14.0. The van der Waals surface area contributed by atoms with Crippen molar-refractivity contribution in [2.45, 2.75) is 44.8 Å². The Morgan fingerprint density at radius 3 is 2.62 bits per heavy atom. The molecule has 0 saturated carbocycles. The van der Waals surface area contributed by atoms with Crippen LogP contribution in [0.5, 0.6) is 0 Å². The number of hydrogen-bond acceptors (Lipinski definition) is 3. The van der Waals surface area contributed by atoms with Crippen molar-refractivity contribution in [1.82, 2.24) is 10.2 Å². The van der Waals surface area contributed by atoms with Crippen molar-refractivity contribution in [3.8, 4) is 0 Å². The maximum Gasteiger partial charge on any atom is 0.0777 e. The van der Waals surface area contributed by atoms with Crippen LogP contribution in [-0.2, 0) is 11.2 Å². The van der Waals surface area contributed by atoms with E-state index in [9.17, 15) is 0 Å². The lowest BCUT2D eigenvalue weighted by atomic mass is 9.94. The molecular formula is C18H30N2O. The molecule has 0 aliphatic carbocycles. The molecular weight excluding hydrogens is 260 g/mol. The second-order valence-corrected chi connectivity index (χ2v) is 6.43. The van der Waals surface area contributed by atoms with Crippen molar-refractivity contribution < 1.29 is 4.74 Å². The molecule has 1 aromatic rings. The molecule has 0 aromatic heterocycles. The van der Waals surface area contributed by atoms with Gasteiger partial charge in [-0.1, -0.05) is 31.2 Å². The normalized spacial score (nSPS) is 25.0. The third-order valence-corrected chi connectivity index (χ3v) is 4.81. The predicted octanol–water partition coefficient (Wildman–Crippen LogP) is 3.01. The average Bonchev–Trinajstić information content (AvgIpc) is 2.53. The second kappa shape index (κ2) is 7.39. The first-order chi connectivity index (χ1) is 10.1. The van der Waals surface area contributed by atoms with Crippen LogP contribution in [0.2, 0.25) is 0 Å². The molecule has 2 rings (SSSR count). The van der Waals surface area contributed by atoms with Gasteiger partial charge in [-0.05, 0) is 50.9 Å². The molecule has 3 nitrogen and oxygen atoms in total. The molecule has 118 valence electrons. The number of nitrogens with one attached hydrogen (secondary N) is 1. The molecule has 1 saturated heterocycles. The number of hydrogen-bond donors (Lipinski definition) is 1. The Kier molecular flexibility index (Phi) is 5.80. The number of methoxy groups -OCH3 is 1. The Morgan fingerprint density at radius 2 is 2.05 bits per heavy atom. The zero-order valence-corrected chi connectivity index (χ0v) is 14.0. The summed E-state index contributed by atoms with van der Waals surface area (Å²) in [6.07, 6.45) is 3.48. The molecule has 1 aromatic carbocycles. The summed E-state index contributed by atoms with van der Waals surface area (Å²) in [7, 11) is 3.89. The van der Waals surface area contributed by atoms with E-state index in [-0.39, 0.29) is 5.60 Å². The fourth-order valence-electron chi connectivity index (χ4n) is 3.24. The number of rotatable bonds is 6. The van der Waals surface area contributed by atoms with Crippen LogP contribution >= 0.6 is 0 Å². The van der Waals surface area contributed by atoms with E-state index in [1.54, 1.807) is 0 Å². The number of nitrogens with zero attached hydrogens (tertiary/aromatic N) is 1. The Bertz CT molecular complexity index is 431. The molecule has 1 aliphatic rings. The summed E-state index contributed by atoms with van der Waals surface area (Å²) in [4.78, 5) is 2.53. The van der Waals surface area contributed by atoms with E-state index in [0.717, 1.165) is 25.9 Å². The van der Waals surface area contributed by atoms with E-state index < -0.39 is 0 Å². The van der Waals surface area contributed by atoms with Gasteiger partial charge in [0, 0.05) is 26.2 Å². The maximum absolute atomic E-state index is 5.70. The Morgan fingerprint density at radius 1 is 1.33 bits per heavy atom. The third-order valence-electron chi connectivity index (χ3n) is 4.81. The van der Waals surface area contributed by atoms with Crippen molar-refractivity contribution >= 4 is 0 Å². The lowest BCUT2D eigenvalue weighted by molar-refractivity contribution is -0.0522. The van der Waals surface area contributed by atoms with Gasteiger partial charge in [0.05, 0.1) is 5.60 Å². The lowest BCUT2D eigenvalue weighted by Crippen LogP contribution is -2.49. The van der Waals surface area contributed by atoms with E-state index in [4.69, 9.17) is 4.74 Å². The summed E-state index contributed by atoms with van der Waals surface area (Å²) in [6, 6.07) is 9.40. The fraction of sp³-hybridized carbons (Fsp3) is 0.667. The summed E-state index contributed by atoms with van der Waals surface area (Å²) >= 11 is 0. The number of piperidine rings is 1. The van der Waals surface area contributed by atoms with Crippen LogP contribution in [0.25, 0.3) is 0 Å². The minimum absolute atomic E-state index is 0.0165. The number of aryl methyl sites for hydroxylation is 1. The molecule has 21 heavy (non-hydrogen) atoms. The molecule has 0 radical (unpaired) electrons. The number of benzene rings is 1. The topological polar surface area (TPSA) is 24.5 Å². The Labute approximate surface area is 129 Å². The first-order valence-corrected chi connectivity index (χ1v) is 8.14. The van der Waals surface area contributed by atoms with Crippen molar-refractivity contribution in [1.29, 1.82) is 0 Å². The van der Waals surface area contributed by atoms with Gasteiger partial charge in [0.2, 0.25) is 0 Å². The Balaban J connectivity index is 2.01. The Hall–Kier alpha value is -0.900. The first-order valence-electron chi connectivity index (χ1n) is 8.14. The highest BCUT2D eigenvalue weighted by atomic mass is 16.5. The molecule has 0 amide bonds. The molecule has 3 heteroatoms. The smallest absolute Gasteiger partial charge is 0.0777 e.